The minimum absolute atomic E-state index is 0.553. The number of rotatable bonds is 11. The van der Waals surface area contributed by atoms with Crippen LogP contribution >= 0.6 is 0 Å². The zero-order valence-electron chi connectivity index (χ0n) is 13.4. The smallest absolute Gasteiger partial charge is 0.136 e. The van der Waals surface area contributed by atoms with Gasteiger partial charge >= 0.3 is 0 Å². The Morgan fingerprint density at radius 2 is 1.71 bits per heavy atom. The molecule has 1 fully saturated rings. The van der Waals surface area contributed by atoms with Gasteiger partial charge in [0, 0.05) is 18.5 Å². The summed E-state index contributed by atoms with van der Waals surface area (Å²) in [6, 6.07) is 1.84. The SMILES string of the molecule is CCCCCCCCCCNc1cc(N)nc(C2CC2)n1. The molecule has 3 N–H and O–H groups in total. The summed E-state index contributed by atoms with van der Waals surface area (Å²) in [4.78, 5) is 8.88. The first-order valence-electron chi connectivity index (χ1n) is 8.68. The summed E-state index contributed by atoms with van der Waals surface area (Å²) >= 11 is 0. The lowest BCUT2D eigenvalue weighted by atomic mass is 10.1. The first kappa shape index (κ1) is 16.1. The third-order valence-electron chi connectivity index (χ3n) is 4.04. The van der Waals surface area contributed by atoms with E-state index in [4.69, 9.17) is 5.73 Å². The Balaban J connectivity index is 1.56. The Morgan fingerprint density at radius 1 is 1.05 bits per heavy atom. The average Bonchev–Trinajstić information content (AvgIpc) is 3.29. The van der Waals surface area contributed by atoms with Crippen molar-refractivity contribution in [3.63, 3.8) is 0 Å². The predicted molar refractivity (Wildman–Crippen MR) is 89.5 cm³/mol. The number of nitrogens with two attached hydrogens (primary N) is 1. The van der Waals surface area contributed by atoms with E-state index < -0.39 is 0 Å². The van der Waals surface area contributed by atoms with Gasteiger partial charge in [0.15, 0.2) is 0 Å². The Morgan fingerprint density at radius 3 is 2.38 bits per heavy atom. The van der Waals surface area contributed by atoms with E-state index in [2.05, 4.69) is 22.2 Å². The molecule has 0 atom stereocenters. The van der Waals surface area contributed by atoms with Gasteiger partial charge in [-0.3, -0.25) is 0 Å². The molecule has 1 heterocycles. The normalized spacial score (nSPS) is 14.3. The number of unbranched alkanes of at least 4 members (excludes halogenated alkanes) is 7. The zero-order valence-corrected chi connectivity index (χ0v) is 13.4. The fourth-order valence-electron chi connectivity index (χ4n) is 2.58. The summed E-state index contributed by atoms with van der Waals surface area (Å²) in [7, 11) is 0. The van der Waals surface area contributed by atoms with E-state index in [-0.39, 0.29) is 0 Å². The van der Waals surface area contributed by atoms with Gasteiger partial charge in [0.05, 0.1) is 0 Å². The van der Waals surface area contributed by atoms with E-state index in [9.17, 15) is 0 Å². The molecule has 1 saturated carbocycles. The second kappa shape index (κ2) is 8.85. The van der Waals surface area contributed by atoms with Gasteiger partial charge in [0.25, 0.3) is 0 Å². The Kier molecular flexibility index (Phi) is 6.77. The van der Waals surface area contributed by atoms with Crippen molar-refractivity contribution in [1.29, 1.82) is 0 Å². The van der Waals surface area contributed by atoms with Crippen molar-refractivity contribution >= 4 is 11.6 Å². The maximum absolute atomic E-state index is 5.84. The van der Waals surface area contributed by atoms with Crippen LogP contribution in [-0.4, -0.2) is 16.5 Å². The van der Waals surface area contributed by atoms with E-state index in [1.54, 1.807) is 0 Å². The number of anilines is 2. The van der Waals surface area contributed by atoms with Gasteiger partial charge < -0.3 is 11.1 Å². The van der Waals surface area contributed by atoms with Crippen molar-refractivity contribution in [1.82, 2.24) is 9.97 Å². The Hall–Kier alpha value is -1.32. The third-order valence-corrected chi connectivity index (χ3v) is 4.04. The van der Waals surface area contributed by atoms with E-state index >= 15 is 0 Å². The molecule has 0 aliphatic heterocycles. The summed E-state index contributed by atoms with van der Waals surface area (Å²) in [6.45, 7) is 3.25. The van der Waals surface area contributed by atoms with Crippen molar-refractivity contribution in [2.45, 2.75) is 77.0 Å². The second-order valence-corrected chi connectivity index (χ2v) is 6.21. The highest BCUT2D eigenvalue weighted by Crippen LogP contribution is 2.38. The van der Waals surface area contributed by atoms with Crippen LogP contribution in [0.2, 0.25) is 0 Å². The molecule has 4 nitrogen and oxygen atoms in total. The maximum Gasteiger partial charge on any atom is 0.136 e. The van der Waals surface area contributed by atoms with Crippen LogP contribution in [0.15, 0.2) is 6.07 Å². The molecule has 1 aliphatic carbocycles. The number of nitrogens with one attached hydrogen (secondary N) is 1. The number of hydrogen-bond donors (Lipinski definition) is 2. The lowest BCUT2D eigenvalue weighted by Gasteiger charge is -2.08. The number of aromatic nitrogens is 2. The fraction of sp³-hybridized carbons (Fsp3) is 0.765. The van der Waals surface area contributed by atoms with Crippen molar-refractivity contribution in [2.24, 2.45) is 0 Å². The molecule has 1 aromatic heterocycles. The van der Waals surface area contributed by atoms with Gasteiger partial charge in [-0.1, -0.05) is 51.9 Å². The van der Waals surface area contributed by atoms with Gasteiger partial charge in [-0.2, -0.15) is 0 Å². The summed E-state index contributed by atoms with van der Waals surface area (Å²) in [6.07, 6.45) is 13.2. The molecule has 0 saturated heterocycles. The first-order valence-corrected chi connectivity index (χ1v) is 8.68. The van der Waals surface area contributed by atoms with Crippen LogP contribution in [0.1, 0.15) is 82.9 Å². The predicted octanol–water partition coefficient (Wildman–Crippen LogP) is 4.49. The summed E-state index contributed by atoms with van der Waals surface area (Å²) in [5.74, 6) is 2.96. The Bertz CT molecular complexity index is 415. The molecule has 21 heavy (non-hydrogen) atoms. The van der Waals surface area contributed by atoms with Crippen molar-refractivity contribution in [2.75, 3.05) is 17.6 Å². The largest absolute Gasteiger partial charge is 0.384 e. The second-order valence-electron chi connectivity index (χ2n) is 6.21. The standard InChI is InChI=1S/C17H30N4/c1-2-3-4-5-6-7-8-9-12-19-16-13-15(18)20-17(21-16)14-10-11-14/h13-14H,2-12H2,1H3,(H3,18,19,20,21). The Labute approximate surface area is 128 Å². The summed E-state index contributed by atoms with van der Waals surface area (Å²) in [5, 5.41) is 3.39. The van der Waals surface area contributed by atoms with Crippen LogP contribution in [0.5, 0.6) is 0 Å². The van der Waals surface area contributed by atoms with Crippen molar-refractivity contribution < 1.29 is 0 Å². The molecule has 0 spiro atoms. The van der Waals surface area contributed by atoms with Gasteiger partial charge in [0.1, 0.15) is 17.5 Å². The highest BCUT2D eigenvalue weighted by molar-refractivity contribution is 5.45. The molecule has 0 amide bonds. The molecule has 118 valence electrons. The average molecular weight is 290 g/mol. The van der Waals surface area contributed by atoms with Crippen LogP contribution in [0.4, 0.5) is 11.6 Å². The highest BCUT2D eigenvalue weighted by Gasteiger charge is 2.27. The molecule has 0 aromatic carbocycles. The van der Waals surface area contributed by atoms with Crippen LogP contribution < -0.4 is 11.1 Å². The zero-order chi connectivity index (χ0) is 14.9. The minimum atomic E-state index is 0.553. The third kappa shape index (κ3) is 6.32. The van der Waals surface area contributed by atoms with E-state index in [1.165, 1.54) is 64.2 Å². The van der Waals surface area contributed by atoms with Crippen LogP contribution in [-0.2, 0) is 0 Å². The maximum atomic E-state index is 5.84. The fourth-order valence-corrected chi connectivity index (χ4v) is 2.58. The van der Waals surface area contributed by atoms with E-state index in [1.807, 2.05) is 6.07 Å². The first-order chi connectivity index (χ1) is 10.3. The molecule has 0 unspecified atom stereocenters. The number of nitrogen functional groups attached to an aromatic ring is 1. The van der Waals surface area contributed by atoms with Gasteiger partial charge in [-0.25, -0.2) is 9.97 Å². The highest BCUT2D eigenvalue weighted by atomic mass is 15.1. The summed E-state index contributed by atoms with van der Waals surface area (Å²) in [5.41, 5.74) is 5.84. The molecular weight excluding hydrogens is 260 g/mol. The molecule has 0 radical (unpaired) electrons. The number of hydrogen-bond acceptors (Lipinski definition) is 4. The molecule has 0 bridgehead atoms. The van der Waals surface area contributed by atoms with E-state index in [0.717, 1.165) is 18.2 Å². The molecule has 1 aromatic rings. The van der Waals surface area contributed by atoms with Crippen molar-refractivity contribution in [3.05, 3.63) is 11.9 Å². The van der Waals surface area contributed by atoms with Gasteiger partial charge in [-0.15, -0.1) is 0 Å². The van der Waals surface area contributed by atoms with Gasteiger partial charge in [-0.05, 0) is 19.3 Å². The topological polar surface area (TPSA) is 63.8 Å². The van der Waals surface area contributed by atoms with E-state index in [0.29, 0.717) is 11.7 Å². The molecule has 1 aliphatic rings. The number of nitrogens with zero attached hydrogens (tertiary/aromatic N) is 2. The van der Waals surface area contributed by atoms with Crippen LogP contribution in [0.3, 0.4) is 0 Å². The van der Waals surface area contributed by atoms with Crippen LogP contribution in [0, 0.1) is 0 Å². The molecule has 2 rings (SSSR count). The minimum Gasteiger partial charge on any atom is -0.384 e. The van der Waals surface area contributed by atoms with Gasteiger partial charge in [0.2, 0.25) is 0 Å². The summed E-state index contributed by atoms with van der Waals surface area (Å²) < 4.78 is 0. The molecular formula is C17H30N4. The lowest BCUT2D eigenvalue weighted by molar-refractivity contribution is 0.581. The molecule has 4 heteroatoms. The monoisotopic (exact) mass is 290 g/mol. The quantitative estimate of drug-likeness (QED) is 0.589. The van der Waals surface area contributed by atoms with Crippen LogP contribution in [0.25, 0.3) is 0 Å². The van der Waals surface area contributed by atoms with Crippen molar-refractivity contribution in [3.8, 4) is 0 Å². The lowest BCUT2D eigenvalue weighted by Crippen LogP contribution is -2.07.